The lowest BCUT2D eigenvalue weighted by Crippen LogP contribution is -2.27. The lowest BCUT2D eigenvalue weighted by Gasteiger charge is -2.13. The highest BCUT2D eigenvalue weighted by molar-refractivity contribution is 6.00. The Labute approximate surface area is 173 Å². The molecule has 4 nitrogen and oxygen atoms in total. The molecule has 3 rings (SSSR count). The molecule has 0 radical (unpaired) electrons. The van der Waals surface area contributed by atoms with Crippen LogP contribution in [0.3, 0.4) is 0 Å². The number of amides is 1. The van der Waals surface area contributed by atoms with Gasteiger partial charge in [-0.3, -0.25) is 4.79 Å². The molecule has 0 fully saturated rings. The molecule has 0 atom stereocenters. The largest absolute Gasteiger partial charge is 0.497 e. The summed E-state index contributed by atoms with van der Waals surface area (Å²) < 4.78 is 7.32. The minimum Gasteiger partial charge on any atom is -0.497 e. The van der Waals surface area contributed by atoms with E-state index in [9.17, 15) is 4.79 Å². The normalized spacial score (nSPS) is 10.8. The Balaban J connectivity index is 2.01. The molecule has 0 aliphatic carbocycles. The van der Waals surface area contributed by atoms with Crippen molar-refractivity contribution in [3.05, 3.63) is 77.1 Å². The molecule has 0 aliphatic rings. The second-order valence-electron chi connectivity index (χ2n) is 7.49. The van der Waals surface area contributed by atoms with Crippen molar-refractivity contribution in [2.75, 3.05) is 13.7 Å². The molecule has 152 valence electrons. The number of benzene rings is 2. The molecule has 1 amide bonds. The molecular formula is C25H30N2O2. The maximum absolute atomic E-state index is 13.2. The van der Waals surface area contributed by atoms with E-state index >= 15 is 0 Å². The minimum absolute atomic E-state index is 0.0179. The molecule has 1 aromatic heterocycles. The number of carbonyl (C=O) groups excluding carboxylic acids is 1. The van der Waals surface area contributed by atoms with Crippen LogP contribution >= 0.6 is 0 Å². The molecule has 1 N–H and O–H groups in total. The number of nitrogens with one attached hydrogen (secondary N) is 1. The third-order valence-electron chi connectivity index (χ3n) is 5.15. The van der Waals surface area contributed by atoms with Crippen molar-refractivity contribution in [3.8, 4) is 16.9 Å². The molecule has 1 heterocycles. The second kappa shape index (κ2) is 9.46. The van der Waals surface area contributed by atoms with Crippen LogP contribution in [-0.2, 0) is 6.54 Å². The van der Waals surface area contributed by atoms with E-state index in [1.165, 1.54) is 5.56 Å². The number of nitrogens with zero attached hydrogens (tertiary/aromatic N) is 1. The summed E-state index contributed by atoms with van der Waals surface area (Å²) in [5.41, 5.74) is 6.23. The van der Waals surface area contributed by atoms with Crippen molar-refractivity contribution in [3.63, 3.8) is 0 Å². The first-order chi connectivity index (χ1) is 14.0. The summed E-state index contributed by atoms with van der Waals surface area (Å²) in [7, 11) is 1.66. The summed E-state index contributed by atoms with van der Waals surface area (Å²) in [6.07, 6.45) is 4.11. The van der Waals surface area contributed by atoms with Gasteiger partial charge in [-0.2, -0.15) is 0 Å². The van der Waals surface area contributed by atoms with Gasteiger partial charge in [0.2, 0.25) is 0 Å². The molecule has 3 aromatic rings. The van der Waals surface area contributed by atoms with Crippen LogP contribution in [0.25, 0.3) is 11.1 Å². The van der Waals surface area contributed by atoms with Crippen molar-refractivity contribution >= 4 is 5.91 Å². The quantitative estimate of drug-likeness (QED) is 0.526. The average Bonchev–Trinajstić information content (AvgIpc) is 3.05. The first-order valence-electron chi connectivity index (χ1n) is 10.2. The molecule has 0 saturated heterocycles. The van der Waals surface area contributed by atoms with E-state index in [0.717, 1.165) is 46.5 Å². The summed E-state index contributed by atoms with van der Waals surface area (Å²) in [5, 5.41) is 3.10. The van der Waals surface area contributed by atoms with Crippen LogP contribution in [0.15, 0.2) is 54.7 Å². The standard InChI is InChI=1S/C25H30N2O2/c1-5-6-15-26-25(28)24-23(21-11-7-18(2)8-12-21)19(3)16-27(24)17-20-9-13-22(29-4)14-10-20/h7-14,16H,5-6,15,17H2,1-4H3,(H,26,28). The van der Waals surface area contributed by atoms with Gasteiger partial charge in [-0.25, -0.2) is 0 Å². The van der Waals surface area contributed by atoms with Crippen molar-refractivity contribution in [1.29, 1.82) is 0 Å². The van der Waals surface area contributed by atoms with Gasteiger partial charge < -0.3 is 14.6 Å². The van der Waals surface area contributed by atoms with Crippen molar-refractivity contribution < 1.29 is 9.53 Å². The topological polar surface area (TPSA) is 43.3 Å². The smallest absolute Gasteiger partial charge is 0.268 e. The number of methoxy groups -OCH3 is 1. The van der Waals surface area contributed by atoms with Gasteiger partial charge in [0, 0.05) is 24.8 Å². The van der Waals surface area contributed by atoms with E-state index in [1.807, 2.05) is 24.3 Å². The Morgan fingerprint density at radius 1 is 1.03 bits per heavy atom. The van der Waals surface area contributed by atoms with Crippen LogP contribution in [0.5, 0.6) is 5.75 Å². The van der Waals surface area contributed by atoms with Gasteiger partial charge in [-0.1, -0.05) is 55.3 Å². The predicted octanol–water partition coefficient (Wildman–Crippen LogP) is 5.36. The van der Waals surface area contributed by atoms with Gasteiger partial charge in [0.25, 0.3) is 5.91 Å². The number of unbranched alkanes of at least 4 members (excludes halogenated alkanes) is 1. The summed E-state index contributed by atoms with van der Waals surface area (Å²) in [5.74, 6) is 0.811. The van der Waals surface area contributed by atoms with Crippen molar-refractivity contribution in [2.24, 2.45) is 0 Å². The first kappa shape index (κ1) is 20.7. The first-order valence-corrected chi connectivity index (χ1v) is 10.2. The Bertz CT molecular complexity index is 954. The van der Waals surface area contributed by atoms with Gasteiger partial charge in [0.15, 0.2) is 0 Å². The van der Waals surface area contributed by atoms with Gasteiger partial charge in [-0.15, -0.1) is 0 Å². The molecule has 29 heavy (non-hydrogen) atoms. The summed E-state index contributed by atoms with van der Waals surface area (Å²) in [6, 6.07) is 16.4. The zero-order valence-electron chi connectivity index (χ0n) is 17.8. The highest BCUT2D eigenvalue weighted by atomic mass is 16.5. The molecule has 0 aliphatic heterocycles. The Morgan fingerprint density at radius 3 is 2.34 bits per heavy atom. The van der Waals surface area contributed by atoms with Crippen molar-refractivity contribution in [1.82, 2.24) is 9.88 Å². The number of hydrogen-bond donors (Lipinski definition) is 1. The lowest BCUT2D eigenvalue weighted by molar-refractivity contribution is 0.0945. The maximum Gasteiger partial charge on any atom is 0.268 e. The molecule has 4 heteroatoms. The fraction of sp³-hybridized carbons (Fsp3) is 0.320. The van der Waals surface area contributed by atoms with Gasteiger partial charge in [-0.05, 0) is 49.1 Å². The molecule has 0 bridgehead atoms. The van der Waals surface area contributed by atoms with Crippen LogP contribution in [0.2, 0.25) is 0 Å². The summed E-state index contributed by atoms with van der Waals surface area (Å²) >= 11 is 0. The van der Waals surface area contributed by atoms with E-state index in [4.69, 9.17) is 4.74 Å². The lowest BCUT2D eigenvalue weighted by atomic mass is 10.0. The predicted molar refractivity (Wildman–Crippen MR) is 119 cm³/mol. The molecular weight excluding hydrogens is 360 g/mol. The monoisotopic (exact) mass is 390 g/mol. The van der Waals surface area contributed by atoms with E-state index < -0.39 is 0 Å². The Hall–Kier alpha value is -3.01. The van der Waals surface area contributed by atoms with Crippen LogP contribution < -0.4 is 10.1 Å². The molecule has 0 spiro atoms. The Kier molecular flexibility index (Phi) is 6.76. The average molecular weight is 391 g/mol. The number of ether oxygens (including phenoxy) is 1. The van der Waals surface area contributed by atoms with E-state index in [1.54, 1.807) is 7.11 Å². The third-order valence-corrected chi connectivity index (χ3v) is 5.15. The van der Waals surface area contributed by atoms with Gasteiger partial charge >= 0.3 is 0 Å². The number of aromatic nitrogens is 1. The number of carbonyl (C=O) groups is 1. The van der Waals surface area contributed by atoms with Crippen LogP contribution in [0, 0.1) is 13.8 Å². The SMILES string of the molecule is CCCCNC(=O)c1c(-c2ccc(C)cc2)c(C)cn1Cc1ccc(OC)cc1. The minimum atomic E-state index is -0.0179. The fourth-order valence-corrected chi connectivity index (χ4v) is 3.54. The van der Waals surface area contributed by atoms with Crippen molar-refractivity contribution in [2.45, 2.75) is 40.2 Å². The number of rotatable bonds is 8. The Morgan fingerprint density at radius 2 is 1.72 bits per heavy atom. The van der Waals surface area contributed by atoms with Gasteiger partial charge in [0.05, 0.1) is 7.11 Å². The van der Waals surface area contributed by atoms with E-state index in [-0.39, 0.29) is 5.91 Å². The summed E-state index contributed by atoms with van der Waals surface area (Å²) in [6.45, 7) is 7.59. The van der Waals surface area contributed by atoms with E-state index in [2.05, 4.69) is 61.1 Å². The zero-order chi connectivity index (χ0) is 20.8. The number of aryl methyl sites for hydroxylation is 2. The summed E-state index contributed by atoms with van der Waals surface area (Å²) in [4.78, 5) is 13.2. The molecule has 0 saturated carbocycles. The fourth-order valence-electron chi connectivity index (χ4n) is 3.54. The third kappa shape index (κ3) is 4.89. The van der Waals surface area contributed by atoms with Crippen LogP contribution in [-0.4, -0.2) is 24.1 Å². The zero-order valence-corrected chi connectivity index (χ0v) is 17.8. The second-order valence-corrected chi connectivity index (χ2v) is 7.49. The molecule has 2 aromatic carbocycles. The van der Waals surface area contributed by atoms with Crippen LogP contribution in [0.4, 0.5) is 0 Å². The highest BCUT2D eigenvalue weighted by Crippen LogP contribution is 2.30. The van der Waals surface area contributed by atoms with Crippen LogP contribution in [0.1, 0.15) is 46.9 Å². The highest BCUT2D eigenvalue weighted by Gasteiger charge is 2.21. The molecule has 0 unspecified atom stereocenters. The maximum atomic E-state index is 13.2. The number of hydrogen-bond acceptors (Lipinski definition) is 2. The van der Waals surface area contributed by atoms with E-state index in [0.29, 0.717) is 13.1 Å². The van der Waals surface area contributed by atoms with Gasteiger partial charge in [0.1, 0.15) is 11.4 Å².